The zero-order chi connectivity index (χ0) is 21.5. The summed E-state index contributed by atoms with van der Waals surface area (Å²) >= 11 is 7.77. The van der Waals surface area contributed by atoms with Gasteiger partial charge in [-0.2, -0.15) is 9.78 Å². The molecule has 0 amide bonds. The monoisotopic (exact) mass is 448 g/mol. The Labute approximate surface area is 190 Å². The van der Waals surface area contributed by atoms with Gasteiger partial charge in [0, 0.05) is 16.3 Å². The molecule has 0 radical (unpaired) electrons. The van der Waals surface area contributed by atoms with Crippen molar-refractivity contribution in [1.82, 2.24) is 14.9 Å². The quantitative estimate of drug-likeness (QED) is 0.245. The SMILES string of the molecule is Cc1ccc(CSc2nncn2/N=C\c2ccc(OCc3ccccc3Cl)cc2)cc1. The van der Waals surface area contributed by atoms with Crippen molar-refractivity contribution < 1.29 is 4.74 Å². The van der Waals surface area contributed by atoms with Crippen molar-refractivity contribution in [3.05, 3.63) is 106 Å². The van der Waals surface area contributed by atoms with Crippen LogP contribution in [-0.4, -0.2) is 21.1 Å². The highest BCUT2D eigenvalue weighted by atomic mass is 35.5. The van der Waals surface area contributed by atoms with E-state index < -0.39 is 0 Å². The number of benzene rings is 3. The number of ether oxygens (including phenoxy) is 1. The third-order valence-electron chi connectivity index (χ3n) is 4.55. The van der Waals surface area contributed by atoms with Crippen LogP contribution in [0.5, 0.6) is 5.75 Å². The lowest BCUT2D eigenvalue weighted by molar-refractivity contribution is 0.306. The molecule has 0 saturated heterocycles. The second-order valence-electron chi connectivity index (χ2n) is 6.93. The summed E-state index contributed by atoms with van der Waals surface area (Å²) in [6, 6.07) is 23.9. The van der Waals surface area contributed by atoms with E-state index in [1.807, 2.05) is 48.5 Å². The Hall–Kier alpha value is -3.09. The van der Waals surface area contributed by atoms with E-state index in [1.54, 1.807) is 29.0 Å². The number of halogens is 1. The molecule has 0 saturated carbocycles. The smallest absolute Gasteiger partial charge is 0.212 e. The number of rotatable bonds is 8. The molecule has 1 heterocycles. The van der Waals surface area contributed by atoms with Crippen LogP contribution in [0.1, 0.15) is 22.3 Å². The normalized spacial score (nSPS) is 11.2. The van der Waals surface area contributed by atoms with Gasteiger partial charge in [-0.1, -0.05) is 71.4 Å². The first kappa shape index (κ1) is 21.2. The van der Waals surface area contributed by atoms with E-state index in [0.29, 0.717) is 11.6 Å². The van der Waals surface area contributed by atoms with E-state index >= 15 is 0 Å². The summed E-state index contributed by atoms with van der Waals surface area (Å²) in [5, 5.41) is 14.1. The first-order valence-corrected chi connectivity index (χ1v) is 11.1. The molecule has 0 aliphatic carbocycles. The van der Waals surface area contributed by atoms with Crippen LogP contribution in [0.4, 0.5) is 0 Å². The van der Waals surface area contributed by atoms with Gasteiger partial charge in [-0.15, -0.1) is 10.2 Å². The van der Waals surface area contributed by atoms with Crippen LogP contribution in [0.2, 0.25) is 5.02 Å². The first-order valence-electron chi connectivity index (χ1n) is 9.76. The maximum absolute atomic E-state index is 6.17. The molecule has 7 heteroatoms. The highest BCUT2D eigenvalue weighted by molar-refractivity contribution is 7.98. The Balaban J connectivity index is 1.34. The lowest BCUT2D eigenvalue weighted by Crippen LogP contribution is -1.96. The lowest BCUT2D eigenvalue weighted by atomic mass is 10.2. The highest BCUT2D eigenvalue weighted by Crippen LogP contribution is 2.21. The van der Waals surface area contributed by atoms with Crippen LogP contribution in [0.25, 0.3) is 0 Å². The van der Waals surface area contributed by atoms with E-state index in [-0.39, 0.29) is 0 Å². The van der Waals surface area contributed by atoms with Gasteiger partial charge in [0.2, 0.25) is 5.16 Å². The summed E-state index contributed by atoms with van der Waals surface area (Å²) < 4.78 is 7.50. The number of hydrogen-bond acceptors (Lipinski definition) is 5. The zero-order valence-corrected chi connectivity index (χ0v) is 18.6. The number of thioether (sulfide) groups is 1. The number of aryl methyl sites for hydroxylation is 1. The van der Waals surface area contributed by atoms with Gasteiger partial charge in [-0.25, -0.2) is 0 Å². The zero-order valence-electron chi connectivity index (χ0n) is 17.0. The third-order valence-corrected chi connectivity index (χ3v) is 5.93. The average molecular weight is 449 g/mol. The summed E-state index contributed by atoms with van der Waals surface area (Å²) in [6.45, 7) is 2.51. The average Bonchev–Trinajstić information content (AvgIpc) is 3.25. The number of hydrogen-bond donors (Lipinski definition) is 0. The standard InChI is InChI=1S/C24H21ClN4OS/c1-18-6-8-20(9-7-18)16-31-24-28-26-17-29(24)27-14-19-10-12-22(13-11-19)30-15-21-4-2-3-5-23(21)25/h2-14,17H,15-16H2,1H3/b27-14-. The topological polar surface area (TPSA) is 52.3 Å². The fourth-order valence-electron chi connectivity index (χ4n) is 2.78. The molecule has 0 N–H and O–H groups in total. The van der Waals surface area contributed by atoms with Crippen molar-refractivity contribution in [3.8, 4) is 5.75 Å². The van der Waals surface area contributed by atoms with Gasteiger partial charge in [0.1, 0.15) is 18.7 Å². The molecule has 0 spiro atoms. The van der Waals surface area contributed by atoms with Gasteiger partial charge >= 0.3 is 0 Å². The molecule has 3 aromatic carbocycles. The van der Waals surface area contributed by atoms with E-state index in [4.69, 9.17) is 16.3 Å². The van der Waals surface area contributed by atoms with E-state index in [2.05, 4.69) is 46.5 Å². The van der Waals surface area contributed by atoms with E-state index in [9.17, 15) is 0 Å². The molecule has 0 unspecified atom stereocenters. The number of nitrogens with zero attached hydrogens (tertiary/aromatic N) is 4. The summed E-state index contributed by atoms with van der Waals surface area (Å²) in [5.74, 6) is 1.59. The van der Waals surface area contributed by atoms with Crippen LogP contribution >= 0.6 is 23.4 Å². The molecule has 31 heavy (non-hydrogen) atoms. The maximum atomic E-state index is 6.17. The van der Waals surface area contributed by atoms with Crippen molar-refractivity contribution in [2.75, 3.05) is 0 Å². The van der Waals surface area contributed by atoms with Gasteiger partial charge in [-0.05, 0) is 48.4 Å². The Bertz CT molecular complexity index is 1160. The molecule has 1 aromatic heterocycles. The first-order chi connectivity index (χ1) is 15.2. The summed E-state index contributed by atoms with van der Waals surface area (Å²) in [4.78, 5) is 0. The van der Waals surface area contributed by atoms with Crippen molar-refractivity contribution >= 4 is 29.6 Å². The predicted molar refractivity (Wildman–Crippen MR) is 126 cm³/mol. The Kier molecular flexibility index (Phi) is 7.02. The minimum atomic E-state index is 0.426. The van der Waals surface area contributed by atoms with Gasteiger partial charge in [0.15, 0.2) is 0 Å². The lowest BCUT2D eigenvalue weighted by Gasteiger charge is -2.07. The molecular formula is C24H21ClN4OS. The largest absolute Gasteiger partial charge is 0.489 e. The Morgan fingerprint density at radius 2 is 1.81 bits per heavy atom. The Morgan fingerprint density at radius 1 is 1.03 bits per heavy atom. The van der Waals surface area contributed by atoms with Crippen LogP contribution in [0.3, 0.4) is 0 Å². The van der Waals surface area contributed by atoms with Crippen LogP contribution in [-0.2, 0) is 12.4 Å². The minimum absolute atomic E-state index is 0.426. The van der Waals surface area contributed by atoms with Gasteiger partial charge in [-0.3, -0.25) is 0 Å². The van der Waals surface area contributed by atoms with Crippen molar-refractivity contribution in [2.45, 2.75) is 24.4 Å². The van der Waals surface area contributed by atoms with Crippen molar-refractivity contribution in [2.24, 2.45) is 5.10 Å². The van der Waals surface area contributed by atoms with E-state index in [0.717, 1.165) is 27.8 Å². The molecule has 5 nitrogen and oxygen atoms in total. The summed E-state index contributed by atoms with van der Waals surface area (Å²) in [6.07, 6.45) is 3.38. The predicted octanol–water partition coefficient (Wildman–Crippen LogP) is 5.99. The fraction of sp³-hybridized carbons (Fsp3) is 0.125. The summed E-state index contributed by atoms with van der Waals surface area (Å²) in [5.41, 5.74) is 4.40. The van der Waals surface area contributed by atoms with Crippen molar-refractivity contribution in [1.29, 1.82) is 0 Å². The number of aromatic nitrogens is 3. The van der Waals surface area contributed by atoms with Crippen LogP contribution in [0.15, 0.2) is 89.4 Å². The summed E-state index contributed by atoms with van der Waals surface area (Å²) in [7, 11) is 0. The fourth-order valence-corrected chi connectivity index (χ4v) is 3.79. The molecule has 4 aromatic rings. The minimum Gasteiger partial charge on any atom is -0.489 e. The Morgan fingerprint density at radius 3 is 2.58 bits per heavy atom. The van der Waals surface area contributed by atoms with Crippen molar-refractivity contribution in [3.63, 3.8) is 0 Å². The van der Waals surface area contributed by atoms with Gasteiger partial charge < -0.3 is 4.74 Å². The molecule has 4 rings (SSSR count). The molecule has 0 atom stereocenters. The van der Waals surface area contributed by atoms with Gasteiger partial charge in [0.05, 0.1) is 6.21 Å². The second-order valence-corrected chi connectivity index (χ2v) is 8.28. The molecule has 0 fully saturated rings. The maximum Gasteiger partial charge on any atom is 0.212 e. The molecule has 156 valence electrons. The third kappa shape index (κ3) is 5.96. The molecule has 0 aliphatic heterocycles. The second kappa shape index (κ2) is 10.3. The van der Waals surface area contributed by atoms with E-state index in [1.165, 1.54) is 11.1 Å². The molecule has 0 bridgehead atoms. The highest BCUT2D eigenvalue weighted by Gasteiger charge is 2.05. The molecular weight excluding hydrogens is 428 g/mol. The van der Waals surface area contributed by atoms with Crippen LogP contribution in [0, 0.1) is 6.92 Å². The molecule has 0 aliphatic rings. The van der Waals surface area contributed by atoms with Gasteiger partial charge in [0.25, 0.3) is 0 Å². The van der Waals surface area contributed by atoms with Crippen LogP contribution < -0.4 is 4.74 Å².